The maximum Gasteiger partial charge on any atom is 0.296 e. The quantitative estimate of drug-likeness (QED) is 0.579. The maximum atomic E-state index is 13.7. The highest BCUT2D eigenvalue weighted by molar-refractivity contribution is 5.93. The third-order valence-electron chi connectivity index (χ3n) is 3.79. The van der Waals surface area contributed by atoms with E-state index in [2.05, 4.69) is 5.32 Å². The minimum Gasteiger partial charge on any atom is -0.496 e. The molecule has 2 aromatic rings. The minimum absolute atomic E-state index is 0.0369. The van der Waals surface area contributed by atoms with Crippen molar-refractivity contribution in [3.8, 4) is 5.75 Å². The van der Waals surface area contributed by atoms with Crippen molar-refractivity contribution in [2.45, 2.75) is 13.0 Å². The number of carbonyl (C=O) groups is 1. The Hall–Kier alpha value is -3.07. The third kappa shape index (κ3) is 4.73. The molecule has 9 heteroatoms. The number of hydrogen-bond acceptors (Lipinski definition) is 4. The highest BCUT2D eigenvalue weighted by Crippen LogP contribution is 2.28. The number of nitrogens with zero attached hydrogens (tertiary/aromatic N) is 1. The predicted molar refractivity (Wildman–Crippen MR) is 89.8 cm³/mol. The van der Waals surface area contributed by atoms with Gasteiger partial charge in [0, 0.05) is 11.6 Å². The van der Waals surface area contributed by atoms with Gasteiger partial charge in [0.1, 0.15) is 29.1 Å². The number of ether oxygens (including phenoxy) is 1. The number of hydrogen-bond donors (Lipinski definition) is 2. The smallest absolute Gasteiger partial charge is 0.296 e. The first-order valence-electron chi connectivity index (χ1n) is 7.72. The van der Waals surface area contributed by atoms with Crippen molar-refractivity contribution >= 4 is 17.3 Å². The van der Waals surface area contributed by atoms with Crippen molar-refractivity contribution in [2.24, 2.45) is 0 Å². The molecule has 2 rings (SSSR count). The number of halogens is 2. The van der Waals surface area contributed by atoms with Gasteiger partial charge in [-0.05, 0) is 31.2 Å². The zero-order valence-electron chi connectivity index (χ0n) is 14.2. The average Bonchev–Trinajstić information content (AvgIpc) is 2.59. The zero-order valence-corrected chi connectivity index (χ0v) is 14.2. The molecule has 0 fully saturated rings. The molecule has 0 saturated carbocycles. The molecule has 0 radical (unpaired) electrons. The molecule has 0 spiro atoms. The predicted octanol–water partition coefficient (Wildman–Crippen LogP) is 2.14. The van der Waals surface area contributed by atoms with Crippen LogP contribution < -0.4 is 15.4 Å². The Morgan fingerprint density at radius 1 is 1.31 bits per heavy atom. The summed E-state index contributed by atoms with van der Waals surface area (Å²) in [5, 5.41) is 15.1. The van der Waals surface area contributed by atoms with Gasteiger partial charge >= 0.3 is 0 Å². The first-order chi connectivity index (χ1) is 12.3. The fraction of sp³-hybridized carbons (Fsp3) is 0.235. The summed E-state index contributed by atoms with van der Waals surface area (Å²) in [5.41, 5.74) is -0.000212. The first-order valence-corrected chi connectivity index (χ1v) is 7.72. The van der Waals surface area contributed by atoms with Crippen LogP contribution in [-0.4, -0.2) is 24.5 Å². The van der Waals surface area contributed by atoms with E-state index in [0.717, 1.165) is 12.1 Å². The number of nitrogens with two attached hydrogens (primary N) is 1. The number of nitrogens with one attached hydrogen (secondary N) is 1. The van der Waals surface area contributed by atoms with Gasteiger partial charge in [-0.2, -0.15) is 0 Å². The van der Waals surface area contributed by atoms with E-state index in [1.165, 1.54) is 31.4 Å². The topological polar surface area (TPSA) is 98.1 Å². The van der Waals surface area contributed by atoms with Crippen LogP contribution in [0.1, 0.15) is 18.5 Å². The molecule has 1 amide bonds. The number of amides is 1. The molecule has 1 atom stereocenters. The van der Waals surface area contributed by atoms with E-state index in [4.69, 9.17) is 4.74 Å². The number of quaternary nitrogens is 1. The standard InChI is InChI=1S/C17H17F2N3O4/c1-10(13-5-3-11(18)7-14(13)19)20-9-17(23)21-15-6-4-12(26-2)8-16(15)22(24)25/h3-8,10,20H,9H2,1-2H3,(H,21,23)/p+1/t10-/m1/s1. The van der Waals surface area contributed by atoms with Gasteiger partial charge < -0.3 is 15.4 Å². The van der Waals surface area contributed by atoms with Crippen LogP contribution in [0.25, 0.3) is 0 Å². The highest BCUT2D eigenvalue weighted by atomic mass is 19.1. The van der Waals surface area contributed by atoms with Crippen LogP contribution in [0, 0.1) is 21.7 Å². The van der Waals surface area contributed by atoms with Crippen LogP contribution >= 0.6 is 0 Å². The highest BCUT2D eigenvalue weighted by Gasteiger charge is 2.20. The van der Waals surface area contributed by atoms with Crippen molar-refractivity contribution in [3.05, 3.63) is 63.7 Å². The summed E-state index contributed by atoms with van der Waals surface area (Å²) in [6.07, 6.45) is 0. The van der Waals surface area contributed by atoms with Crippen LogP contribution in [0.4, 0.5) is 20.2 Å². The lowest BCUT2D eigenvalue weighted by Crippen LogP contribution is -2.86. The molecular formula is C17H18F2N3O4+. The van der Waals surface area contributed by atoms with E-state index in [0.29, 0.717) is 5.75 Å². The molecule has 0 aromatic heterocycles. The Morgan fingerprint density at radius 2 is 2.04 bits per heavy atom. The van der Waals surface area contributed by atoms with Gasteiger partial charge in [-0.1, -0.05) is 0 Å². The molecule has 0 bridgehead atoms. The Morgan fingerprint density at radius 3 is 2.65 bits per heavy atom. The van der Waals surface area contributed by atoms with Crippen molar-refractivity contribution in [1.82, 2.24) is 0 Å². The molecule has 138 valence electrons. The normalized spacial score (nSPS) is 11.7. The molecule has 0 unspecified atom stereocenters. The van der Waals surface area contributed by atoms with Crippen molar-refractivity contribution in [1.29, 1.82) is 0 Å². The van der Waals surface area contributed by atoms with E-state index in [-0.39, 0.29) is 23.5 Å². The van der Waals surface area contributed by atoms with Gasteiger partial charge in [0.25, 0.3) is 11.6 Å². The lowest BCUT2D eigenvalue weighted by molar-refractivity contribution is -0.682. The van der Waals surface area contributed by atoms with Gasteiger partial charge in [-0.25, -0.2) is 8.78 Å². The molecular weight excluding hydrogens is 348 g/mol. The number of rotatable bonds is 7. The van der Waals surface area contributed by atoms with Gasteiger partial charge in [-0.3, -0.25) is 14.9 Å². The van der Waals surface area contributed by atoms with Crippen LogP contribution in [0.15, 0.2) is 36.4 Å². The van der Waals surface area contributed by atoms with Crippen LogP contribution in [0.5, 0.6) is 5.75 Å². The van der Waals surface area contributed by atoms with E-state index in [9.17, 15) is 23.7 Å². The van der Waals surface area contributed by atoms with Gasteiger partial charge in [0.05, 0.1) is 18.1 Å². The molecule has 0 aliphatic carbocycles. The molecule has 0 saturated heterocycles. The molecule has 0 aliphatic heterocycles. The number of nitro groups is 1. The van der Waals surface area contributed by atoms with E-state index in [1.54, 1.807) is 12.2 Å². The number of methoxy groups -OCH3 is 1. The van der Waals surface area contributed by atoms with Gasteiger partial charge in [0.2, 0.25) is 0 Å². The largest absolute Gasteiger partial charge is 0.496 e. The SMILES string of the molecule is COc1ccc(NC(=O)C[NH2+][C@H](C)c2ccc(F)cc2F)c([N+](=O)[O-])c1. The number of anilines is 1. The molecule has 0 heterocycles. The van der Waals surface area contributed by atoms with Crippen LogP contribution in [0.2, 0.25) is 0 Å². The molecule has 3 N–H and O–H groups in total. The van der Waals surface area contributed by atoms with Gasteiger partial charge in [0.15, 0.2) is 6.54 Å². The van der Waals surface area contributed by atoms with Crippen LogP contribution in [-0.2, 0) is 4.79 Å². The molecule has 26 heavy (non-hydrogen) atoms. The Kier molecular flexibility index (Phi) is 6.18. The van der Waals surface area contributed by atoms with E-state index < -0.39 is 28.5 Å². The van der Waals surface area contributed by atoms with Crippen LogP contribution in [0.3, 0.4) is 0 Å². The minimum atomic E-state index is -0.694. The molecule has 2 aromatic carbocycles. The Balaban J connectivity index is 2.02. The second-order valence-corrected chi connectivity index (χ2v) is 5.58. The van der Waals surface area contributed by atoms with E-state index >= 15 is 0 Å². The lowest BCUT2D eigenvalue weighted by atomic mass is 10.1. The summed E-state index contributed by atoms with van der Waals surface area (Å²) in [6.45, 7) is 1.57. The van der Waals surface area contributed by atoms with Crippen molar-refractivity contribution < 1.29 is 28.6 Å². The first kappa shape index (κ1) is 19.3. The summed E-state index contributed by atoms with van der Waals surface area (Å²) in [4.78, 5) is 22.5. The Labute approximate surface area is 148 Å². The summed E-state index contributed by atoms with van der Waals surface area (Å²) in [5.74, 6) is -1.57. The second-order valence-electron chi connectivity index (χ2n) is 5.58. The Bertz CT molecular complexity index is 830. The fourth-order valence-corrected chi connectivity index (χ4v) is 2.38. The molecule has 0 aliphatic rings. The second kappa shape index (κ2) is 8.34. The number of nitro benzene ring substituents is 1. The number of benzene rings is 2. The summed E-state index contributed by atoms with van der Waals surface area (Å²) in [6, 6.07) is 6.87. The van der Waals surface area contributed by atoms with Gasteiger partial charge in [-0.15, -0.1) is 0 Å². The van der Waals surface area contributed by atoms with E-state index in [1.807, 2.05) is 0 Å². The monoisotopic (exact) mass is 366 g/mol. The van der Waals surface area contributed by atoms with Crippen molar-refractivity contribution in [2.75, 3.05) is 19.0 Å². The maximum absolute atomic E-state index is 13.7. The zero-order chi connectivity index (χ0) is 19.3. The summed E-state index contributed by atoms with van der Waals surface area (Å²) < 4.78 is 31.6. The lowest BCUT2D eigenvalue weighted by Gasteiger charge is -2.12. The fourth-order valence-electron chi connectivity index (χ4n) is 2.38. The number of carbonyl (C=O) groups excluding carboxylic acids is 1. The molecule has 7 nitrogen and oxygen atoms in total. The summed E-state index contributed by atoms with van der Waals surface area (Å²) in [7, 11) is 1.38. The summed E-state index contributed by atoms with van der Waals surface area (Å²) >= 11 is 0. The third-order valence-corrected chi connectivity index (χ3v) is 3.79. The van der Waals surface area contributed by atoms with Crippen molar-refractivity contribution in [3.63, 3.8) is 0 Å². The average molecular weight is 366 g/mol.